The zero-order chi connectivity index (χ0) is 27.9. The Bertz CT molecular complexity index is 1340. The Kier molecular flexibility index (Phi) is 10.8. The fourth-order valence-electron chi connectivity index (χ4n) is 3.69. The third-order valence-electron chi connectivity index (χ3n) is 6.16. The highest BCUT2D eigenvalue weighted by atomic mass is 127. The molecule has 3 rings (SSSR count). The van der Waals surface area contributed by atoms with E-state index in [1.165, 1.54) is 17.0 Å². The van der Waals surface area contributed by atoms with Crippen molar-refractivity contribution < 1.29 is 18.0 Å². The van der Waals surface area contributed by atoms with Crippen LogP contribution in [-0.2, 0) is 26.2 Å². The molecule has 0 heterocycles. The molecule has 1 N–H and O–H groups in total. The maximum absolute atomic E-state index is 13.9. The van der Waals surface area contributed by atoms with Gasteiger partial charge in [-0.1, -0.05) is 53.2 Å². The quantitative estimate of drug-likeness (QED) is 0.263. The second-order valence-electron chi connectivity index (χ2n) is 8.94. The zero-order valence-corrected chi connectivity index (χ0v) is 26.0. The lowest BCUT2D eigenvalue weighted by atomic mass is 10.1. The highest BCUT2D eigenvalue weighted by Gasteiger charge is 2.32. The van der Waals surface area contributed by atoms with Crippen molar-refractivity contribution in [3.63, 3.8) is 0 Å². The number of hydrogen-bond donors (Lipinski definition) is 1. The number of halogens is 2. The Morgan fingerprint density at radius 2 is 1.55 bits per heavy atom. The third-order valence-corrected chi connectivity index (χ3v) is 9.20. The fraction of sp³-hybridized carbons (Fsp3) is 0.286. The first-order chi connectivity index (χ1) is 18.0. The third kappa shape index (κ3) is 7.79. The van der Waals surface area contributed by atoms with Crippen LogP contribution in [-0.4, -0.2) is 43.8 Å². The van der Waals surface area contributed by atoms with Crippen LogP contribution in [0.15, 0.2) is 88.2 Å². The van der Waals surface area contributed by atoms with E-state index in [0.29, 0.717) is 5.69 Å². The minimum absolute atomic E-state index is 0.0590. The standard InChI is InChI=1S/C28H31BrIN3O4S/c1-4-20(2)31-28(35)21(3)32(18-22-10-12-23(29)13-11-22)27(34)19-33(25-16-14-24(30)15-17-25)38(36,37)26-8-6-5-7-9-26/h5-17,20-21H,4,18-19H2,1-3H3,(H,31,35)/t20-,21-/m1/s1. The summed E-state index contributed by atoms with van der Waals surface area (Å²) in [6, 6.07) is 21.5. The molecule has 7 nitrogen and oxygen atoms in total. The molecule has 3 aromatic rings. The van der Waals surface area contributed by atoms with Crippen LogP contribution in [0.5, 0.6) is 0 Å². The van der Waals surface area contributed by atoms with Crippen LogP contribution in [0.1, 0.15) is 32.8 Å². The van der Waals surface area contributed by atoms with Gasteiger partial charge in [-0.15, -0.1) is 0 Å². The van der Waals surface area contributed by atoms with E-state index >= 15 is 0 Å². The van der Waals surface area contributed by atoms with Gasteiger partial charge in [0.15, 0.2) is 0 Å². The fourth-order valence-corrected chi connectivity index (χ4v) is 5.75. The number of rotatable bonds is 11. The summed E-state index contributed by atoms with van der Waals surface area (Å²) in [6.07, 6.45) is 0.745. The number of benzene rings is 3. The molecule has 0 unspecified atom stereocenters. The summed E-state index contributed by atoms with van der Waals surface area (Å²) in [5, 5.41) is 2.93. The molecule has 202 valence electrons. The second-order valence-corrected chi connectivity index (χ2v) is 13.0. The number of nitrogens with one attached hydrogen (secondary N) is 1. The molecule has 0 bridgehead atoms. The normalized spacial score (nSPS) is 12.9. The molecular weight excluding hydrogens is 681 g/mol. The lowest BCUT2D eigenvalue weighted by Crippen LogP contribution is -2.52. The highest BCUT2D eigenvalue weighted by Crippen LogP contribution is 2.25. The number of amides is 2. The molecule has 0 aliphatic heterocycles. The van der Waals surface area contributed by atoms with Crippen molar-refractivity contribution in [2.24, 2.45) is 0 Å². The van der Waals surface area contributed by atoms with E-state index < -0.39 is 28.5 Å². The van der Waals surface area contributed by atoms with E-state index in [4.69, 9.17) is 0 Å². The molecule has 0 fully saturated rings. The molecule has 10 heteroatoms. The van der Waals surface area contributed by atoms with Crippen molar-refractivity contribution in [2.75, 3.05) is 10.8 Å². The van der Waals surface area contributed by atoms with E-state index in [0.717, 1.165) is 24.3 Å². The van der Waals surface area contributed by atoms with E-state index in [9.17, 15) is 18.0 Å². The zero-order valence-electron chi connectivity index (χ0n) is 21.5. The van der Waals surface area contributed by atoms with Gasteiger partial charge in [0.1, 0.15) is 12.6 Å². The van der Waals surface area contributed by atoms with Crippen LogP contribution in [0.25, 0.3) is 0 Å². The van der Waals surface area contributed by atoms with E-state index in [2.05, 4.69) is 43.8 Å². The number of carbonyl (C=O) groups excluding carboxylic acids is 2. The summed E-state index contributed by atoms with van der Waals surface area (Å²) in [4.78, 5) is 28.5. The number of hydrogen-bond acceptors (Lipinski definition) is 4. The Balaban J connectivity index is 2.00. The van der Waals surface area contributed by atoms with Gasteiger partial charge in [0.2, 0.25) is 11.8 Å². The number of sulfonamides is 1. The van der Waals surface area contributed by atoms with Crippen LogP contribution in [0.2, 0.25) is 0 Å². The molecule has 0 saturated carbocycles. The van der Waals surface area contributed by atoms with Gasteiger partial charge >= 0.3 is 0 Å². The van der Waals surface area contributed by atoms with Gasteiger partial charge in [-0.2, -0.15) is 0 Å². The SMILES string of the molecule is CC[C@@H](C)NC(=O)[C@@H](C)N(Cc1ccc(Br)cc1)C(=O)CN(c1ccc(I)cc1)S(=O)(=O)c1ccccc1. The molecule has 38 heavy (non-hydrogen) atoms. The van der Waals surface area contributed by atoms with Gasteiger partial charge in [-0.3, -0.25) is 13.9 Å². The van der Waals surface area contributed by atoms with Crippen LogP contribution in [0.3, 0.4) is 0 Å². The van der Waals surface area contributed by atoms with Crippen molar-refractivity contribution in [1.29, 1.82) is 0 Å². The van der Waals surface area contributed by atoms with Gasteiger partial charge in [0.25, 0.3) is 10.0 Å². The number of anilines is 1. The minimum atomic E-state index is -4.07. The van der Waals surface area contributed by atoms with E-state index in [1.807, 2.05) is 38.1 Å². The lowest BCUT2D eigenvalue weighted by Gasteiger charge is -2.32. The van der Waals surface area contributed by atoms with Crippen LogP contribution in [0, 0.1) is 3.57 Å². The molecule has 0 aliphatic carbocycles. The van der Waals surface area contributed by atoms with Crippen molar-refractivity contribution >= 4 is 66.0 Å². The van der Waals surface area contributed by atoms with E-state index in [1.54, 1.807) is 49.4 Å². The predicted octanol–water partition coefficient (Wildman–Crippen LogP) is 5.58. The van der Waals surface area contributed by atoms with Crippen LogP contribution >= 0.6 is 38.5 Å². The molecule has 2 amide bonds. The summed E-state index contributed by atoms with van der Waals surface area (Å²) in [6.45, 7) is 5.21. The minimum Gasteiger partial charge on any atom is -0.352 e. The largest absolute Gasteiger partial charge is 0.352 e. The van der Waals surface area contributed by atoms with Gasteiger partial charge in [-0.25, -0.2) is 8.42 Å². The molecule has 0 aliphatic rings. The predicted molar refractivity (Wildman–Crippen MR) is 162 cm³/mol. The monoisotopic (exact) mass is 711 g/mol. The molecule has 2 atom stereocenters. The van der Waals surface area contributed by atoms with Gasteiger partial charge in [-0.05, 0) is 97.0 Å². The first kappa shape index (κ1) is 30.1. The maximum Gasteiger partial charge on any atom is 0.264 e. The second kappa shape index (κ2) is 13.6. The smallest absolute Gasteiger partial charge is 0.264 e. The van der Waals surface area contributed by atoms with Crippen LogP contribution < -0.4 is 9.62 Å². The summed E-state index contributed by atoms with van der Waals surface area (Å²) in [5.41, 5.74) is 1.18. The molecule has 0 radical (unpaired) electrons. The van der Waals surface area contributed by atoms with Crippen LogP contribution in [0.4, 0.5) is 5.69 Å². The first-order valence-corrected chi connectivity index (χ1v) is 15.5. The molecule has 0 aromatic heterocycles. The maximum atomic E-state index is 13.9. The Labute approximate surface area is 246 Å². The van der Waals surface area contributed by atoms with Crippen molar-refractivity contribution in [2.45, 2.75) is 50.7 Å². The molecular formula is C28H31BrIN3O4S. The average Bonchev–Trinajstić information content (AvgIpc) is 2.91. The Morgan fingerprint density at radius 3 is 2.13 bits per heavy atom. The topological polar surface area (TPSA) is 86.8 Å². The summed E-state index contributed by atoms with van der Waals surface area (Å²) >= 11 is 5.56. The van der Waals surface area contributed by atoms with E-state index in [-0.39, 0.29) is 23.4 Å². The van der Waals surface area contributed by atoms with Gasteiger partial charge in [0.05, 0.1) is 10.6 Å². The lowest BCUT2D eigenvalue weighted by molar-refractivity contribution is -0.139. The summed E-state index contributed by atoms with van der Waals surface area (Å²) in [7, 11) is -4.07. The van der Waals surface area contributed by atoms with Crippen molar-refractivity contribution in [3.05, 3.63) is 92.5 Å². The van der Waals surface area contributed by atoms with Gasteiger partial charge < -0.3 is 10.2 Å². The van der Waals surface area contributed by atoms with Crippen molar-refractivity contribution in [3.8, 4) is 0 Å². The summed E-state index contributed by atoms with van der Waals surface area (Å²) in [5.74, 6) is -0.783. The Morgan fingerprint density at radius 1 is 0.947 bits per heavy atom. The highest BCUT2D eigenvalue weighted by molar-refractivity contribution is 14.1. The Hall–Kier alpha value is -2.44. The number of carbonyl (C=O) groups is 2. The molecule has 3 aromatic carbocycles. The average molecular weight is 712 g/mol. The molecule has 0 saturated heterocycles. The first-order valence-electron chi connectivity index (χ1n) is 12.2. The van der Waals surface area contributed by atoms with Gasteiger partial charge in [0, 0.05) is 20.6 Å². The van der Waals surface area contributed by atoms with Crippen molar-refractivity contribution in [1.82, 2.24) is 10.2 Å². The summed E-state index contributed by atoms with van der Waals surface area (Å²) < 4.78 is 30.4. The number of nitrogens with zero attached hydrogens (tertiary/aromatic N) is 2. The molecule has 0 spiro atoms.